The molecule has 0 aliphatic heterocycles. The number of unbranched alkanes of at least 4 members (excludes halogenated alkanes) is 2. The molecule has 2 N–H and O–H groups in total. The molecule has 1 aromatic rings. The smallest absolute Gasteiger partial charge is 0.251 e. The van der Waals surface area contributed by atoms with Crippen molar-refractivity contribution in [2.45, 2.75) is 38.6 Å². The minimum absolute atomic E-state index is 0.0817. The molecular weight excluding hydrogens is 304 g/mol. The number of carbonyl (C=O) groups excluding carboxylic acids is 2. The molecule has 0 aliphatic carbocycles. The first-order valence-electron chi connectivity index (χ1n) is 8.32. The topological polar surface area (TPSA) is 69.6 Å². The van der Waals surface area contributed by atoms with Crippen LogP contribution in [0.15, 0.2) is 30.3 Å². The molecule has 1 aromatic carbocycles. The second-order valence-electron chi connectivity index (χ2n) is 6.12. The van der Waals surface area contributed by atoms with Gasteiger partial charge in [0.25, 0.3) is 5.91 Å². The van der Waals surface area contributed by atoms with Crippen molar-refractivity contribution in [1.29, 1.82) is 0 Å². The van der Waals surface area contributed by atoms with E-state index in [1.54, 1.807) is 32.0 Å². The van der Waals surface area contributed by atoms with Crippen molar-refractivity contribution >= 4 is 17.9 Å². The standard InChI is InChI=1S/C19H28N2O3/c1-15(14-22)20-19(24)17-11-8-10-16(13-17)9-6-4-5-7-12-18(23)21(2)3/h6,8-11,13,15,22H,4-5,7,12,14H2,1-3H3,(H,20,24)/b9-6-. The Balaban J connectivity index is 2.44. The molecule has 0 radical (unpaired) electrons. The van der Waals surface area contributed by atoms with Gasteiger partial charge in [-0.25, -0.2) is 0 Å². The van der Waals surface area contributed by atoms with Crippen LogP contribution in [0, 0.1) is 0 Å². The van der Waals surface area contributed by atoms with Gasteiger partial charge < -0.3 is 15.3 Å². The number of allylic oxidation sites excluding steroid dienone is 1. The van der Waals surface area contributed by atoms with Gasteiger partial charge in [-0.3, -0.25) is 9.59 Å². The molecule has 5 heteroatoms. The second-order valence-corrected chi connectivity index (χ2v) is 6.12. The molecule has 0 saturated heterocycles. The van der Waals surface area contributed by atoms with Gasteiger partial charge in [-0.1, -0.05) is 24.3 Å². The molecule has 0 aliphatic rings. The Morgan fingerprint density at radius 2 is 2.04 bits per heavy atom. The number of hydrogen-bond donors (Lipinski definition) is 2. The van der Waals surface area contributed by atoms with Crippen molar-refractivity contribution in [3.8, 4) is 0 Å². The molecule has 0 heterocycles. The average molecular weight is 332 g/mol. The van der Waals surface area contributed by atoms with E-state index in [9.17, 15) is 9.59 Å². The van der Waals surface area contributed by atoms with Crippen LogP contribution in [-0.4, -0.2) is 48.6 Å². The van der Waals surface area contributed by atoms with E-state index in [4.69, 9.17) is 5.11 Å². The highest BCUT2D eigenvalue weighted by molar-refractivity contribution is 5.94. The van der Waals surface area contributed by atoms with E-state index in [0.29, 0.717) is 12.0 Å². The Labute approximate surface area is 144 Å². The van der Waals surface area contributed by atoms with Crippen LogP contribution in [0.2, 0.25) is 0 Å². The van der Waals surface area contributed by atoms with Crippen molar-refractivity contribution in [3.05, 3.63) is 41.5 Å². The first-order valence-corrected chi connectivity index (χ1v) is 8.32. The van der Waals surface area contributed by atoms with Crippen LogP contribution in [0.25, 0.3) is 6.08 Å². The van der Waals surface area contributed by atoms with Crippen molar-refractivity contribution in [2.24, 2.45) is 0 Å². The molecular formula is C19H28N2O3. The Morgan fingerprint density at radius 3 is 2.71 bits per heavy atom. The van der Waals surface area contributed by atoms with Gasteiger partial charge in [0.15, 0.2) is 0 Å². The third kappa shape index (κ3) is 7.42. The summed E-state index contributed by atoms with van der Waals surface area (Å²) in [4.78, 5) is 25.1. The molecule has 0 bridgehead atoms. The van der Waals surface area contributed by atoms with E-state index in [-0.39, 0.29) is 24.5 Å². The molecule has 1 rings (SSSR count). The highest BCUT2D eigenvalue weighted by Gasteiger charge is 2.08. The van der Waals surface area contributed by atoms with Crippen molar-refractivity contribution in [2.75, 3.05) is 20.7 Å². The van der Waals surface area contributed by atoms with Gasteiger partial charge in [-0.2, -0.15) is 0 Å². The molecule has 1 unspecified atom stereocenters. The number of amides is 2. The zero-order valence-electron chi connectivity index (χ0n) is 14.8. The largest absolute Gasteiger partial charge is 0.394 e. The minimum atomic E-state index is -0.262. The third-order valence-corrected chi connectivity index (χ3v) is 3.62. The lowest BCUT2D eigenvalue weighted by Crippen LogP contribution is -2.34. The van der Waals surface area contributed by atoms with Crippen LogP contribution in [-0.2, 0) is 4.79 Å². The lowest BCUT2D eigenvalue weighted by molar-refractivity contribution is -0.128. The Bertz CT molecular complexity index is 567. The normalized spacial score (nSPS) is 12.2. The number of nitrogens with one attached hydrogen (secondary N) is 1. The zero-order chi connectivity index (χ0) is 17.9. The average Bonchev–Trinajstić information content (AvgIpc) is 2.57. The summed E-state index contributed by atoms with van der Waals surface area (Å²) >= 11 is 0. The molecule has 0 spiro atoms. The van der Waals surface area contributed by atoms with Crippen LogP contribution in [0.4, 0.5) is 0 Å². The summed E-state index contributed by atoms with van der Waals surface area (Å²) < 4.78 is 0. The van der Waals surface area contributed by atoms with E-state index >= 15 is 0 Å². The predicted octanol–water partition coefficient (Wildman–Crippen LogP) is 2.46. The highest BCUT2D eigenvalue weighted by Crippen LogP contribution is 2.10. The number of nitrogens with zero attached hydrogens (tertiary/aromatic N) is 1. The fraction of sp³-hybridized carbons (Fsp3) is 0.474. The van der Waals surface area contributed by atoms with E-state index < -0.39 is 0 Å². The first kappa shape index (κ1) is 19.9. The summed E-state index contributed by atoms with van der Waals surface area (Å²) in [6.45, 7) is 1.67. The lowest BCUT2D eigenvalue weighted by Gasteiger charge is -2.10. The maximum atomic E-state index is 12.0. The molecule has 24 heavy (non-hydrogen) atoms. The maximum absolute atomic E-state index is 12.0. The van der Waals surface area contributed by atoms with Crippen molar-refractivity contribution in [3.63, 3.8) is 0 Å². The van der Waals surface area contributed by atoms with E-state index in [2.05, 4.69) is 11.4 Å². The van der Waals surface area contributed by atoms with Gasteiger partial charge >= 0.3 is 0 Å². The number of hydrogen-bond acceptors (Lipinski definition) is 3. The summed E-state index contributed by atoms with van der Waals surface area (Å²) in [5, 5.41) is 11.7. The fourth-order valence-corrected chi connectivity index (χ4v) is 2.12. The number of benzene rings is 1. The molecule has 5 nitrogen and oxygen atoms in total. The van der Waals surface area contributed by atoms with E-state index in [0.717, 1.165) is 24.8 Å². The summed E-state index contributed by atoms with van der Waals surface area (Å²) in [6.07, 6.45) is 7.37. The van der Waals surface area contributed by atoms with Gasteiger partial charge in [0.2, 0.25) is 5.91 Å². The lowest BCUT2D eigenvalue weighted by atomic mass is 10.1. The molecule has 0 saturated carbocycles. The SMILES string of the molecule is CC(CO)NC(=O)c1cccc(/C=C\CCCCC(=O)N(C)C)c1. The molecule has 2 amide bonds. The monoisotopic (exact) mass is 332 g/mol. The Hall–Kier alpha value is -2.14. The maximum Gasteiger partial charge on any atom is 0.251 e. The van der Waals surface area contributed by atoms with Gasteiger partial charge in [0, 0.05) is 32.1 Å². The summed E-state index contributed by atoms with van der Waals surface area (Å²) in [6, 6.07) is 7.10. The van der Waals surface area contributed by atoms with Crippen LogP contribution >= 0.6 is 0 Å². The van der Waals surface area contributed by atoms with Gasteiger partial charge in [-0.05, 0) is 43.9 Å². The highest BCUT2D eigenvalue weighted by atomic mass is 16.3. The number of aliphatic hydroxyl groups is 1. The van der Waals surface area contributed by atoms with Crippen molar-refractivity contribution in [1.82, 2.24) is 10.2 Å². The van der Waals surface area contributed by atoms with E-state index in [1.165, 1.54) is 0 Å². The molecule has 0 aromatic heterocycles. The zero-order valence-corrected chi connectivity index (χ0v) is 14.8. The molecule has 132 valence electrons. The number of carbonyl (C=O) groups is 2. The molecule has 0 fully saturated rings. The van der Waals surface area contributed by atoms with Gasteiger partial charge in [0.1, 0.15) is 0 Å². The minimum Gasteiger partial charge on any atom is -0.394 e. The Kier molecular flexibility index (Phi) is 8.79. The summed E-state index contributed by atoms with van der Waals surface area (Å²) in [5.41, 5.74) is 1.54. The van der Waals surface area contributed by atoms with Gasteiger partial charge in [0.05, 0.1) is 6.61 Å². The van der Waals surface area contributed by atoms with Crippen molar-refractivity contribution < 1.29 is 14.7 Å². The van der Waals surface area contributed by atoms with Crippen LogP contribution in [0.1, 0.15) is 48.5 Å². The fourth-order valence-electron chi connectivity index (χ4n) is 2.12. The van der Waals surface area contributed by atoms with Crippen LogP contribution < -0.4 is 5.32 Å². The second kappa shape index (κ2) is 10.6. The Morgan fingerprint density at radius 1 is 1.29 bits per heavy atom. The van der Waals surface area contributed by atoms with Crippen LogP contribution in [0.5, 0.6) is 0 Å². The number of aliphatic hydroxyl groups excluding tert-OH is 1. The molecule has 1 atom stereocenters. The first-order chi connectivity index (χ1) is 11.4. The summed E-state index contributed by atoms with van der Waals surface area (Å²) in [5.74, 6) is -0.0243. The van der Waals surface area contributed by atoms with Crippen LogP contribution in [0.3, 0.4) is 0 Å². The quantitative estimate of drug-likeness (QED) is 0.683. The third-order valence-electron chi connectivity index (χ3n) is 3.62. The predicted molar refractivity (Wildman–Crippen MR) is 96.7 cm³/mol. The van der Waals surface area contributed by atoms with Gasteiger partial charge in [-0.15, -0.1) is 0 Å². The summed E-state index contributed by atoms with van der Waals surface area (Å²) in [7, 11) is 3.54. The van der Waals surface area contributed by atoms with E-state index in [1.807, 2.05) is 24.3 Å². The number of rotatable bonds is 9.